The van der Waals surface area contributed by atoms with E-state index in [1.165, 1.54) is 0 Å². The van der Waals surface area contributed by atoms with Crippen LogP contribution < -0.4 is 10.6 Å². The molecule has 2 aromatic rings. The van der Waals surface area contributed by atoms with Crippen molar-refractivity contribution in [3.8, 4) is 0 Å². The number of nitrogens with one attached hydrogen (secondary N) is 2. The van der Waals surface area contributed by atoms with Gasteiger partial charge in [-0.05, 0) is 36.4 Å². The molecular formula is C20H18N2O4. The molecule has 132 valence electrons. The van der Waals surface area contributed by atoms with Gasteiger partial charge in [-0.15, -0.1) is 0 Å². The van der Waals surface area contributed by atoms with Gasteiger partial charge in [0.25, 0.3) is 0 Å². The Morgan fingerprint density at radius 2 is 1.38 bits per heavy atom. The minimum absolute atomic E-state index is 0.335. The van der Waals surface area contributed by atoms with Crippen LogP contribution in [0.25, 0.3) is 0 Å². The summed E-state index contributed by atoms with van der Waals surface area (Å²) in [6, 6.07) is 17.0. The maximum Gasteiger partial charge on any atom is 0.310 e. The Bertz CT molecular complexity index is 848. The van der Waals surface area contributed by atoms with E-state index in [9.17, 15) is 14.7 Å². The van der Waals surface area contributed by atoms with E-state index in [0.717, 1.165) is 11.4 Å². The lowest BCUT2D eigenvalue weighted by Crippen LogP contribution is -2.39. The summed E-state index contributed by atoms with van der Waals surface area (Å²) < 4.78 is 5.54. The van der Waals surface area contributed by atoms with Crippen molar-refractivity contribution >= 4 is 28.9 Å². The lowest BCUT2D eigenvalue weighted by molar-refractivity contribution is -0.145. The number of carbonyl (C=O) groups excluding carboxylic acids is 1. The molecule has 2 aliphatic rings. The van der Waals surface area contributed by atoms with Gasteiger partial charge in [-0.2, -0.15) is 0 Å². The van der Waals surface area contributed by atoms with Crippen LogP contribution in [0.3, 0.4) is 0 Å². The van der Waals surface area contributed by atoms with Crippen LogP contribution >= 0.6 is 0 Å². The standard InChI is InChI=1S/C20H18N2O4/c23-19(17-15-10-11-16(26-15)18(17)20(24)25)22-14-8-6-13(7-9-14)21-12-4-2-1-3-5-12/h1-11,15-18,21H,(H,22,23)(H,24,25)/t15-,16-,17-,18+/m1/s1. The van der Waals surface area contributed by atoms with Gasteiger partial charge in [0.2, 0.25) is 5.91 Å². The number of hydrogen-bond donors (Lipinski definition) is 3. The Hall–Kier alpha value is -3.12. The van der Waals surface area contributed by atoms with Crippen LogP contribution in [0.1, 0.15) is 0 Å². The highest BCUT2D eigenvalue weighted by Gasteiger charge is 2.53. The second kappa shape index (κ2) is 6.65. The van der Waals surface area contributed by atoms with Crippen molar-refractivity contribution in [1.29, 1.82) is 0 Å². The third-order valence-electron chi connectivity index (χ3n) is 4.70. The molecule has 0 aromatic heterocycles. The van der Waals surface area contributed by atoms with Gasteiger partial charge < -0.3 is 20.5 Å². The second-order valence-corrected chi connectivity index (χ2v) is 6.40. The molecule has 2 aliphatic heterocycles. The number of para-hydroxylation sites is 1. The SMILES string of the molecule is O=C(O)[C@@H]1[C@H](C(=O)Nc2ccc(Nc3ccccc3)cc2)[C@H]2C=C[C@H]1O2. The average Bonchev–Trinajstić information content (AvgIpc) is 3.25. The third-order valence-corrected chi connectivity index (χ3v) is 4.70. The first-order valence-electron chi connectivity index (χ1n) is 8.41. The highest BCUT2D eigenvalue weighted by molar-refractivity contribution is 5.96. The van der Waals surface area contributed by atoms with Crippen LogP contribution in [0.4, 0.5) is 17.1 Å². The number of fused-ring (bicyclic) bond motifs is 2. The fourth-order valence-corrected chi connectivity index (χ4v) is 3.47. The van der Waals surface area contributed by atoms with Gasteiger partial charge in [-0.25, -0.2) is 0 Å². The predicted molar refractivity (Wildman–Crippen MR) is 97.2 cm³/mol. The summed E-state index contributed by atoms with van der Waals surface area (Å²) in [6.07, 6.45) is 2.49. The minimum Gasteiger partial charge on any atom is -0.481 e. The summed E-state index contributed by atoms with van der Waals surface area (Å²) in [5.41, 5.74) is 2.48. The maximum atomic E-state index is 12.6. The first-order chi connectivity index (χ1) is 12.6. The Morgan fingerprint density at radius 1 is 0.808 bits per heavy atom. The predicted octanol–water partition coefficient (Wildman–Crippen LogP) is 3.02. The minimum atomic E-state index is -1.01. The van der Waals surface area contributed by atoms with Crippen LogP contribution in [0.15, 0.2) is 66.7 Å². The van der Waals surface area contributed by atoms with Gasteiger partial charge in [-0.1, -0.05) is 30.4 Å². The molecule has 2 heterocycles. The summed E-state index contributed by atoms with van der Waals surface area (Å²) in [5.74, 6) is -2.91. The number of carboxylic acid groups (broad SMARTS) is 1. The van der Waals surface area contributed by atoms with E-state index >= 15 is 0 Å². The number of anilines is 3. The monoisotopic (exact) mass is 350 g/mol. The van der Waals surface area contributed by atoms with Gasteiger partial charge in [-0.3, -0.25) is 9.59 Å². The zero-order valence-electron chi connectivity index (χ0n) is 13.8. The quantitative estimate of drug-likeness (QED) is 0.722. The molecule has 2 bridgehead atoms. The molecule has 1 fully saturated rings. The van der Waals surface area contributed by atoms with Crippen LogP contribution in [-0.2, 0) is 14.3 Å². The number of carbonyl (C=O) groups is 2. The zero-order chi connectivity index (χ0) is 18.1. The fourth-order valence-electron chi connectivity index (χ4n) is 3.47. The van der Waals surface area contributed by atoms with Gasteiger partial charge in [0.1, 0.15) is 5.92 Å². The van der Waals surface area contributed by atoms with Crippen molar-refractivity contribution in [1.82, 2.24) is 0 Å². The van der Waals surface area contributed by atoms with E-state index in [4.69, 9.17) is 4.74 Å². The molecule has 1 saturated heterocycles. The highest BCUT2D eigenvalue weighted by atomic mass is 16.5. The number of rotatable bonds is 5. The summed E-state index contributed by atoms with van der Waals surface area (Å²) in [7, 11) is 0. The smallest absolute Gasteiger partial charge is 0.310 e. The molecule has 0 unspecified atom stereocenters. The largest absolute Gasteiger partial charge is 0.481 e. The van der Waals surface area contributed by atoms with E-state index in [0.29, 0.717) is 5.69 Å². The molecule has 4 rings (SSSR count). The molecule has 6 nitrogen and oxygen atoms in total. The number of benzene rings is 2. The molecule has 0 radical (unpaired) electrons. The van der Waals surface area contributed by atoms with Crippen molar-refractivity contribution in [2.75, 3.05) is 10.6 Å². The Kier molecular flexibility index (Phi) is 4.18. The number of hydrogen-bond acceptors (Lipinski definition) is 4. The van der Waals surface area contributed by atoms with Crippen molar-refractivity contribution in [3.05, 3.63) is 66.7 Å². The molecule has 0 spiro atoms. The van der Waals surface area contributed by atoms with Gasteiger partial charge >= 0.3 is 5.97 Å². The molecule has 4 atom stereocenters. The van der Waals surface area contributed by atoms with E-state index in [1.54, 1.807) is 24.3 Å². The van der Waals surface area contributed by atoms with Crippen molar-refractivity contribution in [2.45, 2.75) is 12.2 Å². The van der Waals surface area contributed by atoms with E-state index in [-0.39, 0.29) is 5.91 Å². The van der Waals surface area contributed by atoms with Gasteiger partial charge in [0.05, 0.1) is 18.1 Å². The zero-order valence-corrected chi connectivity index (χ0v) is 13.8. The number of carboxylic acids is 1. The second-order valence-electron chi connectivity index (χ2n) is 6.40. The van der Waals surface area contributed by atoms with Crippen LogP contribution in [0, 0.1) is 11.8 Å². The first kappa shape index (κ1) is 16.4. The van der Waals surface area contributed by atoms with Crippen LogP contribution in [0.2, 0.25) is 0 Å². The summed E-state index contributed by atoms with van der Waals surface area (Å²) in [6.45, 7) is 0. The molecule has 6 heteroatoms. The molecule has 0 aliphatic carbocycles. The van der Waals surface area contributed by atoms with Gasteiger partial charge in [0.15, 0.2) is 0 Å². The van der Waals surface area contributed by atoms with E-state index in [2.05, 4.69) is 10.6 Å². The molecular weight excluding hydrogens is 332 g/mol. The highest BCUT2D eigenvalue weighted by Crippen LogP contribution is 2.39. The number of aliphatic carboxylic acids is 1. The molecule has 1 amide bonds. The maximum absolute atomic E-state index is 12.6. The number of ether oxygens (including phenoxy) is 1. The lowest BCUT2D eigenvalue weighted by Gasteiger charge is -2.21. The molecule has 2 aromatic carbocycles. The molecule has 0 saturated carbocycles. The fraction of sp³-hybridized carbons (Fsp3) is 0.200. The van der Waals surface area contributed by atoms with Crippen molar-refractivity contribution in [2.24, 2.45) is 11.8 Å². The summed E-state index contributed by atoms with van der Waals surface area (Å²) in [5, 5.41) is 15.5. The van der Waals surface area contributed by atoms with Crippen LogP contribution in [0.5, 0.6) is 0 Å². The van der Waals surface area contributed by atoms with E-state index in [1.807, 2.05) is 42.5 Å². The first-order valence-corrected chi connectivity index (χ1v) is 8.41. The number of amides is 1. The summed E-state index contributed by atoms with van der Waals surface area (Å²) >= 11 is 0. The Morgan fingerprint density at radius 3 is 2.04 bits per heavy atom. The Balaban J connectivity index is 1.43. The van der Waals surface area contributed by atoms with Gasteiger partial charge in [0, 0.05) is 17.1 Å². The Labute approximate surface area is 150 Å². The molecule has 26 heavy (non-hydrogen) atoms. The van der Waals surface area contributed by atoms with Crippen molar-refractivity contribution < 1.29 is 19.4 Å². The summed E-state index contributed by atoms with van der Waals surface area (Å²) in [4.78, 5) is 24.1. The van der Waals surface area contributed by atoms with E-state index < -0.39 is 30.0 Å². The normalized spacial score (nSPS) is 25.8. The van der Waals surface area contributed by atoms with Crippen LogP contribution in [-0.4, -0.2) is 29.2 Å². The molecule has 3 N–H and O–H groups in total. The van der Waals surface area contributed by atoms with Crippen molar-refractivity contribution in [3.63, 3.8) is 0 Å². The topological polar surface area (TPSA) is 87.7 Å². The average molecular weight is 350 g/mol. The third kappa shape index (κ3) is 3.07. The lowest BCUT2D eigenvalue weighted by atomic mass is 9.82.